The standard InChI is InChI=1S/C11H18N2O4/c1-4-13-9(14)6-8(10(13)15)12-7(3)11(16)17-5-2/h7-8,12H,4-6H2,1-3H3. The average Bonchev–Trinajstić information content (AvgIpc) is 2.54. The Labute approximate surface area is 100 Å². The summed E-state index contributed by atoms with van der Waals surface area (Å²) in [6, 6.07) is -1.20. The molecule has 6 heteroatoms. The molecule has 1 saturated heterocycles. The van der Waals surface area contributed by atoms with Crippen molar-refractivity contribution in [1.29, 1.82) is 0 Å². The van der Waals surface area contributed by atoms with Crippen molar-refractivity contribution in [2.24, 2.45) is 0 Å². The Morgan fingerprint density at radius 3 is 2.65 bits per heavy atom. The highest BCUT2D eigenvalue weighted by Gasteiger charge is 2.38. The fourth-order valence-electron chi connectivity index (χ4n) is 1.78. The van der Waals surface area contributed by atoms with Gasteiger partial charge in [-0.05, 0) is 20.8 Å². The van der Waals surface area contributed by atoms with E-state index >= 15 is 0 Å². The van der Waals surface area contributed by atoms with Crippen LogP contribution >= 0.6 is 0 Å². The Bertz CT molecular complexity index is 329. The zero-order valence-electron chi connectivity index (χ0n) is 10.4. The molecule has 0 saturated carbocycles. The summed E-state index contributed by atoms with van der Waals surface area (Å²) in [4.78, 5) is 35.8. The molecule has 1 aliphatic rings. The topological polar surface area (TPSA) is 75.7 Å². The molecule has 0 aromatic rings. The van der Waals surface area contributed by atoms with E-state index in [0.29, 0.717) is 13.2 Å². The predicted molar refractivity (Wildman–Crippen MR) is 60.0 cm³/mol. The van der Waals surface area contributed by atoms with Crippen LogP contribution in [0.4, 0.5) is 0 Å². The molecule has 0 bridgehead atoms. The minimum atomic E-state index is -0.609. The molecule has 0 aliphatic carbocycles. The number of amides is 2. The van der Waals surface area contributed by atoms with Gasteiger partial charge in [0.15, 0.2) is 0 Å². The number of hydrogen-bond acceptors (Lipinski definition) is 5. The van der Waals surface area contributed by atoms with Crippen molar-refractivity contribution in [1.82, 2.24) is 10.2 Å². The quantitative estimate of drug-likeness (QED) is 0.528. The van der Waals surface area contributed by atoms with Crippen LogP contribution < -0.4 is 5.32 Å². The molecule has 1 rings (SSSR count). The smallest absolute Gasteiger partial charge is 0.322 e. The van der Waals surface area contributed by atoms with Gasteiger partial charge < -0.3 is 4.74 Å². The van der Waals surface area contributed by atoms with Gasteiger partial charge in [0.05, 0.1) is 19.1 Å². The van der Waals surface area contributed by atoms with Crippen LogP contribution in [0.3, 0.4) is 0 Å². The van der Waals surface area contributed by atoms with Crippen LogP contribution in [-0.4, -0.2) is 47.9 Å². The molecule has 0 radical (unpaired) electrons. The van der Waals surface area contributed by atoms with E-state index in [1.807, 2.05) is 0 Å². The van der Waals surface area contributed by atoms with Crippen LogP contribution in [-0.2, 0) is 19.1 Å². The summed E-state index contributed by atoms with van der Waals surface area (Å²) in [7, 11) is 0. The molecule has 1 fully saturated rings. The summed E-state index contributed by atoms with van der Waals surface area (Å²) in [5.41, 5.74) is 0. The number of esters is 1. The molecule has 0 aromatic carbocycles. The molecule has 2 atom stereocenters. The zero-order chi connectivity index (χ0) is 13.0. The Balaban J connectivity index is 2.56. The van der Waals surface area contributed by atoms with Crippen molar-refractivity contribution in [3.05, 3.63) is 0 Å². The summed E-state index contributed by atoms with van der Waals surface area (Å²) < 4.78 is 4.82. The monoisotopic (exact) mass is 242 g/mol. The van der Waals surface area contributed by atoms with Crippen LogP contribution in [0.5, 0.6) is 0 Å². The van der Waals surface area contributed by atoms with Gasteiger partial charge in [-0.25, -0.2) is 0 Å². The van der Waals surface area contributed by atoms with Crippen molar-refractivity contribution in [2.45, 2.75) is 39.3 Å². The fraction of sp³-hybridized carbons (Fsp3) is 0.727. The second kappa shape index (κ2) is 5.77. The first-order valence-corrected chi connectivity index (χ1v) is 5.78. The van der Waals surface area contributed by atoms with Gasteiger partial charge in [-0.15, -0.1) is 0 Å². The first kappa shape index (κ1) is 13.6. The first-order valence-electron chi connectivity index (χ1n) is 5.78. The molecule has 17 heavy (non-hydrogen) atoms. The van der Waals surface area contributed by atoms with E-state index in [-0.39, 0.29) is 18.2 Å². The van der Waals surface area contributed by atoms with E-state index in [0.717, 1.165) is 0 Å². The average molecular weight is 242 g/mol. The molecule has 96 valence electrons. The van der Waals surface area contributed by atoms with E-state index in [2.05, 4.69) is 5.32 Å². The highest BCUT2D eigenvalue weighted by atomic mass is 16.5. The lowest BCUT2D eigenvalue weighted by Crippen LogP contribution is -2.46. The lowest BCUT2D eigenvalue weighted by molar-refractivity contribution is -0.145. The number of hydrogen-bond donors (Lipinski definition) is 1. The number of imide groups is 1. The number of likely N-dealkylation sites (tertiary alicyclic amines) is 1. The summed E-state index contributed by atoms with van der Waals surface area (Å²) in [6.45, 7) is 5.73. The van der Waals surface area contributed by atoms with Crippen LogP contribution in [0.15, 0.2) is 0 Å². The van der Waals surface area contributed by atoms with Gasteiger partial charge in [-0.3, -0.25) is 24.6 Å². The summed E-state index contributed by atoms with van der Waals surface area (Å²) in [6.07, 6.45) is 0.108. The van der Waals surface area contributed by atoms with Gasteiger partial charge in [-0.2, -0.15) is 0 Å². The second-order valence-corrected chi connectivity index (χ2v) is 3.87. The molecule has 2 amide bonds. The van der Waals surface area contributed by atoms with Crippen LogP contribution in [0.2, 0.25) is 0 Å². The minimum absolute atomic E-state index is 0.108. The molecule has 1 aliphatic heterocycles. The van der Waals surface area contributed by atoms with E-state index in [4.69, 9.17) is 4.74 Å². The Morgan fingerprint density at radius 1 is 1.53 bits per heavy atom. The van der Waals surface area contributed by atoms with E-state index in [1.165, 1.54) is 4.90 Å². The second-order valence-electron chi connectivity index (χ2n) is 3.87. The number of nitrogens with zero attached hydrogens (tertiary/aromatic N) is 1. The minimum Gasteiger partial charge on any atom is -0.465 e. The third kappa shape index (κ3) is 3.03. The number of carbonyl (C=O) groups excluding carboxylic acids is 3. The number of likely N-dealkylation sites (N-methyl/N-ethyl adjacent to an activating group) is 1. The highest BCUT2D eigenvalue weighted by molar-refractivity contribution is 6.05. The van der Waals surface area contributed by atoms with Crippen molar-refractivity contribution in [3.8, 4) is 0 Å². The molecule has 6 nitrogen and oxygen atoms in total. The van der Waals surface area contributed by atoms with Crippen molar-refractivity contribution in [2.75, 3.05) is 13.2 Å². The Hall–Kier alpha value is -1.43. The maximum atomic E-state index is 11.8. The highest BCUT2D eigenvalue weighted by Crippen LogP contribution is 2.13. The predicted octanol–water partition coefficient (Wildman–Crippen LogP) is -0.325. The third-order valence-electron chi connectivity index (χ3n) is 2.65. The fourth-order valence-corrected chi connectivity index (χ4v) is 1.78. The summed E-state index contributed by atoms with van der Waals surface area (Å²) in [5, 5.41) is 2.82. The summed E-state index contributed by atoms with van der Waals surface area (Å²) >= 11 is 0. The summed E-state index contributed by atoms with van der Waals surface area (Å²) in [5.74, 6) is -0.887. The van der Waals surface area contributed by atoms with Crippen LogP contribution in [0, 0.1) is 0 Å². The van der Waals surface area contributed by atoms with E-state index in [1.54, 1.807) is 20.8 Å². The SMILES string of the molecule is CCOC(=O)C(C)NC1CC(=O)N(CC)C1=O. The van der Waals surface area contributed by atoms with Crippen molar-refractivity contribution >= 4 is 17.8 Å². The van der Waals surface area contributed by atoms with Crippen molar-refractivity contribution in [3.63, 3.8) is 0 Å². The normalized spacial score (nSPS) is 21.8. The maximum Gasteiger partial charge on any atom is 0.322 e. The lowest BCUT2D eigenvalue weighted by atomic mass is 10.2. The van der Waals surface area contributed by atoms with Gasteiger partial charge in [-0.1, -0.05) is 0 Å². The number of ether oxygens (including phenoxy) is 1. The number of rotatable bonds is 5. The molecule has 0 aromatic heterocycles. The molecular weight excluding hydrogens is 224 g/mol. The van der Waals surface area contributed by atoms with Gasteiger partial charge >= 0.3 is 5.97 Å². The maximum absolute atomic E-state index is 11.8. The molecule has 2 unspecified atom stereocenters. The first-order chi connectivity index (χ1) is 8.01. The van der Waals surface area contributed by atoms with Crippen LogP contribution in [0.1, 0.15) is 27.2 Å². The Morgan fingerprint density at radius 2 is 2.18 bits per heavy atom. The molecule has 1 N–H and O–H groups in total. The number of carbonyl (C=O) groups is 3. The third-order valence-corrected chi connectivity index (χ3v) is 2.65. The Kier molecular flexibility index (Phi) is 4.62. The van der Waals surface area contributed by atoms with E-state index < -0.39 is 18.1 Å². The molecule has 1 heterocycles. The van der Waals surface area contributed by atoms with Gasteiger partial charge in [0, 0.05) is 6.54 Å². The van der Waals surface area contributed by atoms with Gasteiger partial charge in [0.25, 0.3) is 0 Å². The van der Waals surface area contributed by atoms with E-state index in [9.17, 15) is 14.4 Å². The number of nitrogens with one attached hydrogen (secondary N) is 1. The largest absolute Gasteiger partial charge is 0.465 e. The van der Waals surface area contributed by atoms with Gasteiger partial charge in [0.1, 0.15) is 6.04 Å². The molecule has 0 spiro atoms. The van der Waals surface area contributed by atoms with Crippen LogP contribution in [0.25, 0.3) is 0 Å². The molecular formula is C11H18N2O4. The van der Waals surface area contributed by atoms with Crippen molar-refractivity contribution < 1.29 is 19.1 Å². The van der Waals surface area contributed by atoms with Gasteiger partial charge in [0.2, 0.25) is 11.8 Å². The zero-order valence-corrected chi connectivity index (χ0v) is 10.4. The lowest BCUT2D eigenvalue weighted by Gasteiger charge is -2.17.